The Morgan fingerprint density at radius 2 is 1.09 bits per heavy atom. The highest BCUT2D eigenvalue weighted by molar-refractivity contribution is 6.16. The van der Waals surface area contributed by atoms with Crippen LogP contribution in [0.5, 0.6) is 0 Å². The summed E-state index contributed by atoms with van der Waals surface area (Å²) in [5, 5.41) is 6.82. The summed E-state index contributed by atoms with van der Waals surface area (Å²) in [6.07, 6.45) is 0.962. The van der Waals surface area contributed by atoms with E-state index in [4.69, 9.17) is 19.4 Å². The lowest BCUT2D eigenvalue weighted by atomic mass is 9.88. The summed E-state index contributed by atoms with van der Waals surface area (Å²) in [7, 11) is 0. The van der Waals surface area contributed by atoms with Crippen LogP contribution in [0.4, 0.5) is 0 Å². The maximum absolute atomic E-state index is 6.24. The maximum atomic E-state index is 6.24. The highest BCUT2D eigenvalue weighted by Gasteiger charge is 2.21. The molecule has 0 aliphatic heterocycles. The van der Waals surface area contributed by atoms with Gasteiger partial charge in [0.05, 0.1) is 0 Å². The number of fused-ring (bicyclic) bond motifs is 7. The number of furan rings is 1. The second-order valence-corrected chi connectivity index (χ2v) is 12.0. The fourth-order valence-electron chi connectivity index (χ4n) is 7.01. The minimum atomic E-state index is 0.665. The van der Waals surface area contributed by atoms with Gasteiger partial charge in [-0.1, -0.05) is 115 Å². The van der Waals surface area contributed by atoms with Crippen LogP contribution < -0.4 is 0 Å². The zero-order valence-electron chi connectivity index (χ0n) is 24.7. The number of para-hydroxylation sites is 1. The van der Waals surface area contributed by atoms with Gasteiger partial charge in [-0.05, 0) is 74.5 Å². The number of nitrogens with zero attached hydrogens (tertiary/aromatic N) is 3. The van der Waals surface area contributed by atoms with Gasteiger partial charge in [-0.25, -0.2) is 15.0 Å². The van der Waals surface area contributed by atoms with Crippen LogP contribution in [0.2, 0.25) is 0 Å². The van der Waals surface area contributed by atoms with Crippen molar-refractivity contribution in [3.05, 3.63) is 151 Å². The van der Waals surface area contributed by atoms with Crippen LogP contribution in [0.3, 0.4) is 0 Å². The van der Waals surface area contributed by atoms with E-state index in [2.05, 4.69) is 121 Å². The van der Waals surface area contributed by atoms with E-state index in [1.54, 1.807) is 0 Å². The van der Waals surface area contributed by atoms with Crippen LogP contribution in [0, 0.1) is 0 Å². The quantitative estimate of drug-likeness (QED) is 0.206. The first-order chi connectivity index (χ1) is 22.8. The molecule has 0 amide bonds. The fraction of sp³-hybridized carbons (Fsp3) is 0.0238. The van der Waals surface area contributed by atoms with Gasteiger partial charge in [-0.15, -0.1) is 0 Å². The average Bonchev–Trinajstić information content (AvgIpc) is 3.49. The summed E-state index contributed by atoms with van der Waals surface area (Å²) in [5.41, 5.74) is 9.72. The van der Waals surface area contributed by atoms with E-state index in [-0.39, 0.29) is 0 Å². The molecule has 0 atom stereocenters. The molecule has 4 nitrogen and oxygen atoms in total. The summed E-state index contributed by atoms with van der Waals surface area (Å²) in [5.74, 6) is 2.04. The predicted octanol–water partition coefficient (Wildman–Crippen LogP) is 10.6. The van der Waals surface area contributed by atoms with Gasteiger partial charge in [0.1, 0.15) is 11.2 Å². The lowest BCUT2D eigenvalue weighted by Crippen LogP contribution is -2.07. The highest BCUT2D eigenvalue weighted by Crippen LogP contribution is 2.42. The van der Waals surface area contributed by atoms with Crippen molar-refractivity contribution in [2.75, 3.05) is 0 Å². The minimum Gasteiger partial charge on any atom is -0.456 e. The first-order valence-corrected chi connectivity index (χ1v) is 15.6. The Morgan fingerprint density at radius 3 is 1.91 bits per heavy atom. The molecular weight excluding hydrogens is 562 g/mol. The standard InChI is InChI=1S/C42H25N3O/c1-2-9-27-24-28(18-17-26(27)8-1)40-43-41(30-19-16-25-22-29(30)23-25)45-42(44-40)35-21-20-33(31-10-3-4-11-32(31)35)34-13-7-15-38-39(34)36-12-5-6-14-37(36)46-38/h1-22,24H,23H2. The van der Waals surface area contributed by atoms with Crippen molar-refractivity contribution in [2.24, 2.45) is 0 Å². The van der Waals surface area contributed by atoms with Gasteiger partial charge in [-0.3, -0.25) is 0 Å². The smallest absolute Gasteiger partial charge is 0.164 e. The van der Waals surface area contributed by atoms with Crippen LogP contribution in [0.1, 0.15) is 11.1 Å². The molecule has 0 fully saturated rings. The van der Waals surface area contributed by atoms with Gasteiger partial charge in [0, 0.05) is 27.5 Å². The molecule has 4 heteroatoms. The Bertz CT molecular complexity index is 2680. The molecular formula is C42H25N3O. The van der Waals surface area contributed by atoms with E-state index >= 15 is 0 Å². The van der Waals surface area contributed by atoms with E-state index in [0.29, 0.717) is 17.5 Å². The van der Waals surface area contributed by atoms with Gasteiger partial charge in [0.2, 0.25) is 0 Å². The molecule has 2 bridgehead atoms. The minimum absolute atomic E-state index is 0.665. The second kappa shape index (κ2) is 9.68. The SMILES string of the molecule is c1ccc2cc(-c3nc(-c4ccc5cc4C5)nc(-c4ccc(-c5cccc6oc7ccccc7c56)c5ccccc45)n3)ccc2c1. The first kappa shape index (κ1) is 25.2. The zero-order valence-corrected chi connectivity index (χ0v) is 24.7. The molecule has 0 unspecified atom stereocenters. The second-order valence-electron chi connectivity index (χ2n) is 12.0. The molecule has 0 radical (unpaired) electrons. The van der Waals surface area contributed by atoms with E-state index in [0.717, 1.165) is 72.3 Å². The maximum Gasteiger partial charge on any atom is 0.164 e. The van der Waals surface area contributed by atoms with Gasteiger partial charge in [0.25, 0.3) is 0 Å². The van der Waals surface area contributed by atoms with Crippen molar-refractivity contribution in [2.45, 2.75) is 6.42 Å². The Morgan fingerprint density at radius 1 is 0.435 bits per heavy atom. The topological polar surface area (TPSA) is 51.8 Å². The molecule has 7 aromatic carbocycles. The Hall–Kier alpha value is -6.13. The molecule has 2 aromatic heterocycles. The summed E-state index contributed by atoms with van der Waals surface area (Å²) < 4.78 is 6.24. The van der Waals surface area contributed by atoms with Crippen molar-refractivity contribution >= 4 is 43.5 Å². The fourth-order valence-corrected chi connectivity index (χ4v) is 7.01. The Balaban J connectivity index is 1.21. The van der Waals surface area contributed by atoms with Gasteiger partial charge < -0.3 is 4.42 Å². The average molecular weight is 588 g/mol. The zero-order chi connectivity index (χ0) is 30.2. The third-order valence-corrected chi connectivity index (χ3v) is 9.31. The number of hydrogen-bond acceptors (Lipinski definition) is 4. The predicted molar refractivity (Wildman–Crippen MR) is 187 cm³/mol. The summed E-state index contributed by atoms with van der Waals surface area (Å²) >= 11 is 0. The molecule has 0 saturated carbocycles. The summed E-state index contributed by atoms with van der Waals surface area (Å²) in [6, 6.07) is 48.9. The first-order valence-electron chi connectivity index (χ1n) is 15.6. The van der Waals surface area contributed by atoms with Gasteiger partial charge in [-0.2, -0.15) is 0 Å². The summed E-state index contributed by atoms with van der Waals surface area (Å²) in [4.78, 5) is 15.4. The number of rotatable bonds is 4. The monoisotopic (exact) mass is 587 g/mol. The van der Waals surface area contributed by atoms with Crippen molar-refractivity contribution < 1.29 is 4.42 Å². The van der Waals surface area contributed by atoms with Crippen molar-refractivity contribution in [1.29, 1.82) is 0 Å². The Kier molecular flexibility index (Phi) is 5.31. The van der Waals surface area contributed by atoms with Crippen LogP contribution in [0.15, 0.2) is 144 Å². The van der Waals surface area contributed by atoms with Gasteiger partial charge >= 0.3 is 0 Å². The largest absolute Gasteiger partial charge is 0.456 e. The van der Waals surface area contributed by atoms with Crippen LogP contribution in [-0.4, -0.2) is 15.0 Å². The van der Waals surface area contributed by atoms with Crippen LogP contribution >= 0.6 is 0 Å². The molecule has 214 valence electrons. The molecule has 9 aromatic rings. The molecule has 2 heterocycles. The number of hydrogen-bond donors (Lipinski definition) is 0. The molecule has 2 aliphatic rings. The van der Waals surface area contributed by atoms with E-state index in [1.807, 2.05) is 18.2 Å². The molecule has 0 N–H and O–H groups in total. The highest BCUT2D eigenvalue weighted by atomic mass is 16.3. The lowest BCUT2D eigenvalue weighted by molar-refractivity contribution is 0.669. The van der Waals surface area contributed by atoms with Crippen molar-refractivity contribution in [3.8, 4) is 45.3 Å². The van der Waals surface area contributed by atoms with Crippen molar-refractivity contribution in [1.82, 2.24) is 15.0 Å². The molecule has 46 heavy (non-hydrogen) atoms. The number of aromatic nitrogens is 3. The van der Waals surface area contributed by atoms with Crippen molar-refractivity contribution in [3.63, 3.8) is 0 Å². The van der Waals surface area contributed by atoms with E-state index in [1.165, 1.54) is 16.5 Å². The van der Waals surface area contributed by atoms with Crippen LogP contribution in [0.25, 0.3) is 88.8 Å². The van der Waals surface area contributed by atoms with Crippen LogP contribution in [-0.2, 0) is 6.42 Å². The normalized spacial score (nSPS) is 12.3. The number of benzene rings is 7. The summed E-state index contributed by atoms with van der Waals surface area (Å²) in [6.45, 7) is 0. The Labute approximate surface area is 264 Å². The van der Waals surface area contributed by atoms with Gasteiger partial charge in [0.15, 0.2) is 17.5 Å². The molecule has 2 aliphatic carbocycles. The van der Waals surface area contributed by atoms with E-state index in [9.17, 15) is 0 Å². The molecule has 0 spiro atoms. The van der Waals surface area contributed by atoms with E-state index < -0.39 is 0 Å². The molecule has 0 saturated heterocycles. The molecule has 11 rings (SSSR count). The lowest BCUT2D eigenvalue weighted by Gasteiger charge is -2.19. The third kappa shape index (κ3) is 3.83. The third-order valence-electron chi connectivity index (χ3n) is 9.31.